The van der Waals surface area contributed by atoms with E-state index in [0.29, 0.717) is 29.2 Å². The van der Waals surface area contributed by atoms with Gasteiger partial charge in [-0.25, -0.2) is 4.98 Å². The zero-order valence-electron chi connectivity index (χ0n) is 16.8. The Hall–Kier alpha value is -1.64. The van der Waals surface area contributed by atoms with E-state index in [1.54, 1.807) is 0 Å². The number of carbonyl (C=O) groups is 3. The number of thiazole rings is 1. The van der Waals surface area contributed by atoms with E-state index in [9.17, 15) is 19.5 Å². The largest absolute Gasteiger partial charge is 1.00 e. The van der Waals surface area contributed by atoms with Crippen molar-refractivity contribution in [2.45, 2.75) is 30.4 Å². The molecule has 2 saturated heterocycles. The number of β-lactam (4-membered cyclic amide) rings is 1. The van der Waals surface area contributed by atoms with Gasteiger partial charge < -0.3 is 30.5 Å². The minimum absolute atomic E-state index is 0. The molecule has 1 unspecified atom stereocenters. The van der Waals surface area contributed by atoms with E-state index in [4.69, 9.17) is 15.3 Å². The van der Waals surface area contributed by atoms with E-state index in [1.807, 2.05) is 0 Å². The Balaban J connectivity index is 0.00000272. The Bertz CT molecular complexity index is 961. The van der Waals surface area contributed by atoms with E-state index in [0.717, 1.165) is 17.8 Å². The number of aromatic nitrogens is 1. The third-order valence-corrected chi connectivity index (χ3v) is 7.09. The number of aliphatic carboxylic acids is 1. The quantitative estimate of drug-likeness (QED) is 0.179. The maximum absolute atomic E-state index is 12.8. The molecule has 11 nitrogen and oxygen atoms in total. The van der Waals surface area contributed by atoms with Gasteiger partial charge in [0.25, 0.3) is 11.8 Å². The number of nitrogen functional groups attached to an aromatic ring is 1. The van der Waals surface area contributed by atoms with E-state index in [1.165, 1.54) is 30.0 Å². The normalized spacial score (nSPS) is 25.5. The zero-order valence-corrected chi connectivity index (χ0v) is 20.5. The zero-order chi connectivity index (χ0) is 21.4. The Kier molecular flexibility index (Phi) is 7.65. The molecule has 0 aliphatic carbocycles. The molecule has 1 aromatic heterocycles. The Labute approximate surface area is 207 Å². The first-order valence-corrected chi connectivity index (χ1v) is 10.9. The van der Waals surface area contributed by atoms with Crippen LogP contribution in [0.25, 0.3) is 0 Å². The number of nitrogens with one attached hydrogen (secondary N) is 1. The number of amides is 2. The molecule has 160 valence electrons. The summed E-state index contributed by atoms with van der Waals surface area (Å²) in [6, 6.07) is -0.907. The summed E-state index contributed by atoms with van der Waals surface area (Å²) in [6.07, 6.45) is 2.59. The van der Waals surface area contributed by atoms with Crippen molar-refractivity contribution >= 4 is 51.7 Å². The number of fused-ring (bicyclic) bond motifs is 1. The number of oxime groups is 1. The summed E-state index contributed by atoms with van der Waals surface area (Å²) < 4.78 is 5.60. The average Bonchev–Trinajstić information content (AvgIpc) is 3.40. The molecule has 4 rings (SSSR count). The van der Waals surface area contributed by atoms with Gasteiger partial charge >= 0.3 is 29.6 Å². The molecule has 0 radical (unpaired) electrons. The first kappa shape index (κ1) is 24.0. The molecule has 0 saturated carbocycles. The third-order valence-electron chi connectivity index (χ3n) is 4.95. The molecule has 3 aliphatic heterocycles. The minimum Gasteiger partial charge on any atom is -0.543 e. The molecule has 2 fully saturated rings. The number of carboxylic acid groups (broad SMARTS) is 1. The second kappa shape index (κ2) is 9.88. The van der Waals surface area contributed by atoms with Gasteiger partial charge in [-0.3, -0.25) is 14.5 Å². The van der Waals surface area contributed by atoms with Gasteiger partial charge in [0.15, 0.2) is 10.8 Å². The second-order valence-corrected chi connectivity index (χ2v) is 8.88. The van der Waals surface area contributed by atoms with Gasteiger partial charge in [0.2, 0.25) is 0 Å². The van der Waals surface area contributed by atoms with E-state index in [-0.39, 0.29) is 52.2 Å². The maximum Gasteiger partial charge on any atom is 1.00 e. The molecule has 0 aromatic carbocycles. The van der Waals surface area contributed by atoms with Crippen molar-refractivity contribution < 1.29 is 58.6 Å². The summed E-state index contributed by atoms with van der Waals surface area (Å²) in [5.41, 5.74) is 5.93. The molecule has 3 N–H and O–H groups in total. The first-order valence-electron chi connectivity index (χ1n) is 9.06. The summed E-state index contributed by atoms with van der Waals surface area (Å²) in [5, 5.41) is 17.8. The summed E-state index contributed by atoms with van der Waals surface area (Å²) in [4.78, 5) is 47.4. The first-order chi connectivity index (χ1) is 14.4. The number of carboxylic acids is 1. The van der Waals surface area contributed by atoms with Crippen LogP contribution in [0.4, 0.5) is 5.13 Å². The number of nitrogens with zero attached hydrogens (tertiary/aromatic N) is 3. The van der Waals surface area contributed by atoms with Crippen LogP contribution in [0.5, 0.6) is 0 Å². The number of carbonyl (C=O) groups excluding carboxylic acids is 3. The van der Waals surface area contributed by atoms with E-state index in [2.05, 4.69) is 15.5 Å². The fourth-order valence-electron chi connectivity index (χ4n) is 3.63. The Morgan fingerprint density at radius 2 is 2.26 bits per heavy atom. The maximum atomic E-state index is 12.8. The minimum atomic E-state index is -1.43. The van der Waals surface area contributed by atoms with Gasteiger partial charge in [-0.05, 0) is 18.4 Å². The van der Waals surface area contributed by atoms with Crippen LogP contribution in [0.15, 0.2) is 22.6 Å². The van der Waals surface area contributed by atoms with E-state index < -0.39 is 29.2 Å². The monoisotopic (exact) mass is 475 g/mol. The van der Waals surface area contributed by atoms with Gasteiger partial charge in [-0.1, -0.05) is 16.5 Å². The fraction of sp³-hybridized carbons (Fsp3) is 0.471. The molecular weight excluding hydrogens is 457 g/mol. The van der Waals surface area contributed by atoms with Crippen LogP contribution in [-0.4, -0.2) is 70.4 Å². The van der Waals surface area contributed by atoms with Crippen LogP contribution in [0.2, 0.25) is 0 Å². The van der Waals surface area contributed by atoms with Crippen molar-refractivity contribution in [2.24, 2.45) is 5.16 Å². The standard InChI is InChI=1S/C17H19N5O6S2.Na/c1-27-21-10(9-5-19-17(18)30-9)13(23)20-11-14(24)22-12(16(25)26)7(6-29-15(11)22)8-3-2-4-28-8;/h5,8,11,15H,2-4,6H2,1H3,(H2,18,19)(H,20,23)(H,25,26);/q;+1/p-1/b21-10-;/t8?,11-,15-;/m1./s1. The van der Waals surface area contributed by atoms with Crippen molar-refractivity contribution in [3.05, 3.63) is 22.3 Å². The second-order valence-electron chi connectivity index (χ2n) is 6.71. The molecule has 14 heteroatoms. The predicted molar refractivity (Wildman–Crippen MR) is 106 cm³/mol. The fourth-order valence-corrected chi connectivity index (χ4v) is 5.70. The molecule has 4 heterocycles. The number of rotatable bonds is 6. The van der Waals surface area contributed by atoms with Crippen LogP contribution >= 0.6 is 23.1 Å². The van der Waals surface area contributed by atoms with Crippen LogP contribution in [0.3, 0.4) is 0 Å². The smallest absolute Gasteiger partial charge is 0.543 e. The van der Waals surface area contributed by atoms with E-state index >= 15 is 0 Å². The molecule has 2 amide bonds. The van der Waals surface area contributed by atoms with Gasteiger partial charge in [0, 0.05) is 18.6 Å². The number of hydrogen-bond donors (Lipinski definition) is 2. The topological polar surface area (TPSA) is 159 Å². The van der Waals surface area contributed by atoms with Crippen molar-refractivity contribution in [2.75, 3.05) is 25.2 Å². The molecule has 3 aliphatic rings. The predicted octanol–water partition coefficient (Wildman–Crippen LogP) is -4.34. The average molecular weight is 475 g/mol. The number of ether oxygens (including phenoxy) is 1. The van der Waals surface area contributed by atoms with Crippen LogP contribution < -0.4 is 45.7 Å². The van der Waals surface area contributed by atoms with Crippen molar-refractivity contribution in [3.63, 3.8) is 0 Å². The van der Waals surface area contributed by atoms with Crippen LogP contribution in [0.1, 0.15) is 17.7 Å². The molecule has 0 bridgehead atoms. The summed E-state index contributed by atoms with van der Waals surface area (Å²) in [5.74, 6) is -2.23. The number of hydrogen-bond acceptors (Lipinski definition) is 11. The third kappa shape index (κ3) is 4.47. The Morgan fingerprint density at radius 1 is 1.48 bits per heavy atom. The van der Waals surface area contributed by atoms with Gasteiger partial charge in [-0.2, -0.15) is 0 Å². The number of thioether (sulfide) groups is 1. The number of nitrogens with two attached hydrogens (primary N) is 1. The Morgan fingerprint density at radius 3 is 2.84 bits per heavy atom. The molecule has 31 heavy (non-hydrogen) atoms. The summed E-state index contributed by atoms with van der Waals surface area (Å²) in [7, 11) is 1.29. The van der Waals surface area contributed by atoms with Crippen molar-refractivity contribution in [1.82, 2.24) is 15.2 Å². The van der Waals surface area contributed by atoms with Crippen molar-refractivity contribution in [3.8, 4) is 0 Å². The molecular formula is C17H18N5NaO6S2. The van der Waals surface area contributed by atoms with Gasteiger partial charge in [-0.15, -0.1) is 11.8 Å². The number of anilines is 1. The summed E-state index contributed by atoms with van der Waals surface area (Å²) >= 11 is 2.41. The SMILES string of the molecule is CO/N=C(\C(=O)N[C@@H]1C(=O)N2C(C(=O)[O-])=C(C3CCCO3)CS[C@H]12)c1cnc(N)s1.[Na+]. The summed E-state index contributed by atoms with van der Waals surface area (Å²) in [6.45, 7) is 0.554. The van der Waals surface area contributed by atoms with Gasteiger partial charge in [0.05, 0.1) is 22.6 Å². The molecule has 0 spiro atoms. The molecule has 3 atom stereocenters. The molecule has 1 aromatic rings. The van der Waals surface area contributed by atoms with Crippen LogP contribution in [0, 0.1) is 0 Å². The van der Waals surface area contributed by atoms with Crippen molar-refractivity contribution in [1.29, 1.82) is 0 Å². The van der Waals surface area contributed by atoms with Crippen LogP contribution in [-0.2, 0) is 24.0 Å². The van der Waals surface area contributed by atoms with Gasteiger partial charge in [0.1, 0.15) is 18.5 Å².